The van der Waals surface area contributed by atoms with E-state index in [0.717, 1.165) is 6.07 Å². The van der Waals surface area contributed by atoms with Crippen molar-refractivity contribution in [3.05, 3.63) is 58.8 Å². The number of rotatable bonds is 1. The summed E-state index contributed by atoms with van der Waals surface area (Å²) in [6.07, 6.45) is -2.64. The van der Waals surface area contributed by atoms with E-state index in [-0.39, 0.29) is 31.0 Å². The zero-order valence-corrected chi connectivity index (χ0v) is 12.9. The van der Waals surface area contributed by atoms with E-state index in [0.29, 0.717) is 16.8 Å². The molecule has 2 aromatic heterocycles. The summed E-state index contributed by atoms with van der Waals surface area (Å²) < 4.78 is 40.8. The summed E-state index contributed by atoms with van der Waals surface area (Å²) in [5, 5.41) is 11.0. The van der Waals surface area contributed by atoms with Crippen molar-refractivity contribution in [2.75, 3.05) is 6.54 Å². The van der Waals surface area contributed by atoms with Crippen LogP contribution in [0.1, 0.15) is 27.0 Å². The highest BCUT2D eigenvalue weighted by atomic mass is 19.4. The van der Waals surface area contributed by atoms with E-state index < -0.39 is 11.7 Å². The maximum absolute atomic E-state index is 13.1. The first-order chi connectivity index (χ1) is 11.9. The third kappa shape index (κ3) is 2.71. The predicted octanol–water partition coefficient (Wildman–Crippen LogP) is 2.34. The van der Waals surface area contributed by atoms with Crippen molar-refractivity contribution in [3.63, 3.8) is 0 Å². The van der Waals surface area contributed by atoms with Gasteiger partial charge in [-0.2, -0.15) is 13.2 Å². The molecular weight excluding hydrogens is 335 g/mol. The van der Waals surface area contributed by atoms with Crippen LogP contribution in [0.3, 0.4) is 0 Å². The van der Waals surface area contributed by atoms with Gasteiger partial charge in [-0.05, 0) is 46.2 Å². The van der Waals surface area contributed by atoms with Crippen molar-refractivity contribution in [3.8, 4) is 0 Å². The van der Waals surface area contributed by atoms with Crippen LogP contribution in [0.5, 0.6) is 0 Å². The first-order valence-electron chi connectivity index (χ1n) is 7.58. The minimum absolute atomic E-state index is 0.147. The van der Waals surface area contributed by atoms with Gasteiger partial charge >= 0.3 is 6.18 Å². The molecule has 25 heavy (non-hydrogen) atoms. The summed E-state index contributed by atoms with van der Waals surface area (Å²) in [5.74, 6) is -0.256. The Morgan fingerprint density at radius 2 is 2.04 bits per heavy atom. The quantitative estimate of drug-likeness (QED) is 0.678. The van der Waals surface area contributed by atoms with Crippen molar-refractivity contribution in [1.82, 2.24) is 24.9 Å². The molecule has 0 N–H and O–H groups in total. The molecule has 1 aliphatic heterocycles. The highest BCUT2D eigenvalue weighted by Gasteiger charge is 2.35. The standard InChI is InChI=1S/C16H12F3N5O/c17-16(18,19)13-3-1-2-11-9-23(6-5-12(11)13)15(25)10-4-7-24-14(8-10)20-21-22-24/h1-4,7-8H,5-6,9H2. The summed E-state index contributed by atoms with van der Waals surface area (Å²) in [5.41, 5.74) is 1.02. The normalized spacial score (nSPS) is 14.6. The Labute approximate surface area is 139 Å². The number of fused-ring (bicyclic) bond motifs is 2. The summed E-state index contributed by atoms with van der Waals surface area (Å²) in [7, 11) is 0. The SMILES string of the molecule is O=C(c1ccn2nnnc2c1)N1CCc2c(cccc2C(F)(F)F)C1. The van der Waals surface area contributed by atoms with Crippen LogP contribution in [-0.4, -0.2) is 37.4 Å². The molecule has 1 aromatic carbocycles. The summed E-state index contributed by atoms with van der Waals surface area (Å²) in [6, 6.07) is 7.25. The third-order valence-electron chi connectivity index (χ3n) is 4.30. The molecule has 6 nitrogen and oxygen atoms in total. The van der Waals surface area contributed by atoms with Gasteiger partial charge in [0.15, 0.2) is 5.65 Å². The molecule has 3 aromatic rings. The molecule has 0 saturated heterocycles. The fourth-order valence-corrected chi connectivity index (χ4v) is 3.10. The fraction of sp³-hybridized carbons (Fsp3) is 0.250. The molecule has 1 aliphatic rings. The van der Waals surface area contributed by atoms with Crippen molar-refractivity contribution >= 4 is 11.6 Å². The third-order valence-corrected chi connectivity index (χ3v) is 4.30. The Morgan fingerprint density at radius 3 is 2.84 bits per heavy atom. The van der Waals surface area contributed by atoms with Crippen LogP contribution < -0.4 is 0 Å². The number of hydrogen-bond donors (Lipinski definition) is 0. The second-order valence-corrected chi connectivity index (χ2v) is 5.81. The van der Waals surface area contributed by atoms with Crippen LogP contribution >= 0.6 is 0 Å². The largest absolute Gasteiger partial charge is 0.416 e. The molecule has 9 heteroatoms. The molecule has 0 aliphatic carbocycles. The summed E-state index contributed by atoms with van der Waals surface area (Å²) in [4.78, 5) is 14.2. The number of tetrazole rings is 1. The van der Waals surface area contributed by atoms with Crippen LogP contribution in [-0.2, 0) is 19.1 Å². The molecule has 3 heterocycles. The maximum Gasteiger partial charge on any atom is 0.416 e. The molecule has 0 radical (unpaired) electrons. The molecule has 0 fully saturated rings. The van der Waals surface area contributed by atoms with Crippen LogP contribution in [0, 0.1) is 0 Å². The van der Waals surface area contributed by atoms with Gasteiger partial charge in [-0.25, -0.2) is 4.52 Å². The molecule has 0 spiro atoms. The van der Waals surface area contributed by atoms with Crippen molar-refractivity contribution in [1.29, 1.82) is 0 Å². The topological polar surface area (TPSA) is 63.4 Å². The smallest absolute Gasteiger partial charge is 0.334 e. The number of halogens is 3. The number of aromatic nitrogens is 4. The van der Waals surface area contributed by atoms with Gasteiger partial charge in [0.2, 0.25) is 0 Å². The first-order valence-corrected chi connectivity index (χ1v) is 7.58. The van der Waals surface area contributed by atoms with Gasteiger partial charge in [0, 0.05) is 24.8 Å². The van der Waals surface area contributed by atoms with Gasteiger partial charge in [-0.1, -0.05) is 12.1 Å². The summed E-state index contributed by atoms with van der Waals surface area (Å²) in [6.45, 7) is 0.378. The maximum atomic E-state index is 13.1. The molecule has 4 rings (SSSR count). The summed E-state index contributed by atoms with van der Waals surface area (Å²) >= 11 is 0. The molecule has 0 unspecified atom stereocenters. The van der Waals surface area contributed by atoms with E-state index in [1.54, 1.807) is 24.4 Å². The number of benzene rings is 1. The van der Waals surface area contributed by atoms with Crippen molar-refractivity contribution < 1.29 is 18.0 Å². The highest BCUT2D eigenvalue weighted by molar-refractivity contribution is 5.95. The van der Waals surface area contributed by atoms with Gasteiger partial charge in [-0.3, -0.25) is 4.79 Å². The zero-order chi connectivity index (χ0) is 17.6. The second kappa shape index (κ2) is 5.54. The Kier molecular flexibility index (Phi) is 3.45. The number of nitrogens with zero attached hydrogens (tertiary/aromatic N) is 5. The van der Waals surface area contributed by atoms with Crippen molar-refractivity contribution in [2.24, 2.45) is 0 Å². The Morgan fingerprint density at radius 1 is 1.20 bits per heavy atom. The monoisotopic (exact) mass is 347 g/mol. The number of hydrogen-bond acceptors (Lipinski definition) is 4. The van der Waals surface area contributed by atoms with Crippen molar-refractivity contribution in [2.45, 2.75) is 19.1 Å². The molecule has 0 atom stereocenters. The molecule has 1 amide bonds. The van der Waals surface area contributed by atoms with Gasteiger partial charge in [0.1, 0.15) is 0 Å². The average Bonchev–Trinajstić information content (AvgIpc) is 3.07. The lowest BCUT2D eigenvalue weighted by Crippen LogP contribution is -2.36. The van der Waals surface area contributed by atoms with E-state index in [9.17, 15) is 18.0 Å². The van der Waals surface area contributed by atoms with E-state index in [1.807, 2.05) is 0 Å². The first kappa shape index (κ1) is 15.6. The number of alkyl halides is 3. The van der Waals surface area contributed by atoms with E-state index in [4.69, 9.17) is 0 Å². The van der Waals surface area contributed by atoms with Gasteiger partial charge < -0.3 is 4.90 Å². The molecule has 0 saturated carbocycles. The van der Waals surface area contributed by atoms with Gasteiger partial charge in [0.25, 0.3) is 5.91 Å². The van der Waals surface area contributed by atoms with E-state index in [1.165, 1.54) is 15.5 Å². The van der Waals surface area contributed by atoms with E-state index >= 15 is 0 Å². The molecular formula is C16H12F3N5O. The van der Waals surface area contributed by atoms with Crippen LogP contribution in [0.25, 0.3) is 5.65 Å². The average molecular weight is 347 g/mol. The minimum atomic E-state index is -4.39. The van der Waals surface area contributed by atoms with Gasteiger partial charge in [0.05, 0.1) is 5.56 Å². The van der Waals surface area contributed by atoms with Crippen LogP contribution in [0.2, 0.25) is 0 Å². The Bertz CT molecular complexity index is 966. The van der Waals surface area contributed by atoms with E-state index in [2.05, 4.69) is 15.5 Å². The number of carbonyl (C=O) groups excluding carboxylic acids is 1. The number of amides is 1. The second-order valence-electron chi connectivity index (χ2n) is 5.81. The van der Waals surface area contributed by atoms with Gasteiger partial charge in [-0.15, -0.1) is 5.10 Å². The Hall–Kier alpha value is -2.97. The lowest BCUT2D eigenvalue weighted by Gasteiger charge is -2.30. The van der Waals surface area contributed by atoms with Crippen LogP contribution in [0.4, 0.5) is 13.2 Å². The lowest BCUT2D eigenvalue weighted by atomic mass is 9.94. The zero-order valence-electron chi connectivity index (χ0n) is 12.9. The minimum Gasteiger partial charge on any atom is -0.334 e. The number of pyridine rings is 1. The predicted molar refractivity (Wildman–Crippen MR) is 80.7 cm³/mol. The molecule has 128 valence electrons. The lowest BCUT2D eigenvalue weighted by molar-refractivity contribution is -0.138. The fourth-order valence-electron chi connectivity index (χ4n) is 3.10. The molecule has 0 bridgehead atoms. The highest BCUT2D eigenvalue weighted by Crippen LogP contribution is 2.35. The van der Waals surface area contributed by atoms with Crippen LogP contribution in [0.15, 0.2) is 36.5 Å². The Balaban J connectivity index is 1.63. The number of carbonyl (C=O) groups is 1.